The Kier molecular flexibility index (Phi) is 10.0. The first kappa shape index (κ1) is 10.5. The van der Waals surface area contributed by atoms with Crippen LogP contribution in [0, 0.1) is 0 Å². The van der Waals surface area contributed by atoms with Gasteiger partial charge in [0.15, 0.2) is 0 Å². The lowest BCUT2D eigenvalue weighted by molar-refractivity contribution is 0.493. The van der Waals surface area contributed by atoms with Crippen molar-refractivity contribution in [3.05, 3.63) is 0 Å². The standard InChI is InChI=1S/C4H17NO2Si3/c1-2-3-4-5-9-7-10-6-8/h5H,2-4,9-10H2,1,8H3. The summed E-state index contributed by atoms with van der Waals surface area (Å²) >= 11 is 0. The molecule has 1 N–H and O–H groups in total. The van der Waals surface area contributed by atoms with E-state index in [1.807, 2.05) is 0 Å². The molecule has 0 aromatic rings. The zero-order valence-electron chi connectivity index (χ0n) is 6.85. The SMILES string of the molecule is CCCCN[SiH2]O[SiH2]O[SiH3]. The molecule has 0 saturated heterocycles. The Hall–Kier alpha value is 0.531. The van der Waals surface area contributed by atoms with Crippen molar-refractivity contribution in [3.63, 3.8) is 0 Å². The summed E-state index contributed by atoms with van der Waals surface area (Å²) in [6.45, 7) is 3.32. The largest absolute Gasteiger partial charge is 0.449 e. The predicted molar refractivity (Wildman–Crippen MR) is 52.1 cm³/mol. The fourth-order valence-electron chi connectivity index (χ4n) is 0.571. The van der Waals surface area contributed by atoms with E-state index in [4.69, 9.17) is 8.23 Å². The number of hydrogen-bond acceptors (Lipinski definition) is 3. The van der Waals surface area contributed by atoms with Gasteiger partial charge in [-0.15, -0.1) is 0 Å². The highest BCUT2D eigenvalue weighted by Crippen LogP contribution is 1.80. The van der Waals surface area contributed by atoms with Gasteiger partial charge in [-0.25, -0.2) is 0 Å². The quantitative estimate of drug-likeness (QED) is 0.366. The van der Waals surface area contributed by atoms with Gasteiger partial charge >= 0.3 is 0 Å². The summed E-state index contributed by atoms with van der Waals surface area (Å²) in [6.07, 6.45) is 2.52. The average Bonchev–Trinajstić information content (AvgIpc) is 1.97. The smallest absolute Gasteiger partial charge is 0.283 e. The maximum absolute atomic E-state index is 5.31. The van der Waals surface area contributed by atoms with Crippen molar-refractivity contribution in [2.45, 2.75) is 19.8 Å². The molecule has 0 heterocycles. The third kappa shape index (κ3) is 8.53. The van der Waals surface area contributed by atoms with Crippen molar-refractivity contribution >= 4 is 30.4 Å². The molecule has 0 rings (SSSR count). The van der Waals surface area contributed by atoms with Crippen molar-refractivity contribution in [1.29, 1.82) is 0 Å². The number of nitrogens with one attached hydrogen (secondary N) is 1. The fraction of sp³-hybridized carbons (Fsp3) is 1.00. The molecule has 0 amide bonds. The molecule has 0 atom stereocenters. The van der Waals surface area contributed by atoms with Crippen molar-refractivity contribution in [1.82, 2.24) is 4.98 Å². The third-order valence-corrected chi connectivity index (χ3v) is 4.10. The average molecular weight is 195 g/mol. The molecular weight excluding hydrogens is 178 g/mol. The molecule has 6 heteroatoms. The molecule has 0 saturated carbocycles. The summed E-state index contributed by atoms with van der Waals surface area (Å²) in [5.41, 5.74) is 0. The van der Waals surface area contributed by atoms with Gasteiger partial charge < -0.3 is 13.2 Å². The Balaban J connectivity index is 2.65. The van der Waals surface area contributed by atoms with E-state index in [2.05, 4.69) is 11.9 Å². The van der Waals surface area contributed by atoms with Crippen LogP contribution in [-0.4, -0.2) is 37.0 Å². The maximum atomic E-state index is 5.31. The van der Waals surface area contributed by atoms with Gasteiger partial charge in [0.05, 0.1) is 0 Å². The lowest BCUT2D eigenvalue weighted by Crippen LogP contribution is -2.25. The molecule has 0 spiro atoms. The van der Waals surface area contributed by atoms with Crippen molar-refractivity contribution in [2.75, 3.05) is 6.54 Å². The summed E-state index contributed by atoms with van der Waals surface area (Å²) in [4.78, 5) is 3.31. The van der Waals surface area contributed by atoms with E-state index >= 15 is 0 Å². The van der Waals surface area contributed by atoms with Crippen molar-refractivity contribution in [2.24, 2.45) is 0 Å². The first-order chi connectivity index (χ1) is 4.91. The molecule has 0 fully saturated rings. The minimum Gasteiger partial charge on any atom is -0.449 e. The van der Waals surface area contributed by atoms with Crippen LogP contribution in [0.4, 0.5) is 0 Å². The van der Waals surface area contributed by atoms with Crippen molar-refractivity contribution < 1.29 is 8.23 Å². The third-order valence-electron chi connectivity index (χ3n) is 1.11. The molecule has 62 valence electrons. The van der Waals surface area contributed by atoms with E-state index in [0.29, 0.717) is 0 Å². The highest BCUT2D eigenvalue weighted by Gasteiger charge is 1.86. The summed E-state index contributed by atoms with van der Waals surface area (Å²) < 4.78 is 10.3. The first-order valence-electron chi connectivity index (χ1n) is 3.69. The molecule has 0 aromatic carbocycles. The molecule has 0 aromatic heterocycles. The van der Waals surface area contributed by atoms with Crippen LogP contribution >= 0.6 is 0 Å². The predicted octanol–water partition coefficient (Wildman–Crippen LogP) is -2.31. The lowest BCUT2D eigenvalue weighted by atomic mass is 10.3. The molecule has 0 bridgehead atoms. The second-order valence-electron chi connectivity index (χ2n) is 2.11. The number of hydrogen-bond donors (Lipinski definition) is 1. The molecule has 0 aliphatic carbocycles. The van der Waals surface area contributed by atoms with Crippen LogP contribution in [0.3, 0.4) is 0 Å². The lowest BCUT2D eigenvalue weighted by Gasteiger charge is -2.02. The molecule has 0 unspecified atom stereocenters. The van der Waals surface area contributed by atoms with Crippen LogP contribution in [0.25, 0.3) is 0 Å². The zero-order chi connectivity index (χ0) is 7.66. The summed E-state index contributed by atoms with van der Waals surface area (Å²) in [7, 11) is -0.123. The number of rotatable bonds is 7. The highest BCUT2D eigenvalue weighted by molar-refractivity contribution is 6.39. The Labute approximate surface area is 70.5 Å². The minimum absolute atomic E-state index is 0.411. The summed E-state index contributed by atoms with van der Waals surface area (Å²) in [5, 5.41) is 0. The molecule has 3 nitrogen and oxygen atoms in total. The number of unbranched alkanes of at least 4 members (excludes halogenated alkanes) is 1. The van der Waals surface area contributed by atoms with Crippen LogP contribution in [0.5, 0.6) is 0 Å². The van der Waals surface area contributed by atoms with E-state index in [0.717, 1.165) is 17.0 Å². The van der Waals surface area contributed by atoms with E-state index < -0.39 is 19.9 Å². The second kappa shape index (κ2) is 9.53. The van der Waals surface area contributed by atoms with Crippen LogP contribution in [0.15, 0.2) is 0 Å². The maximum Gasteiger partial charge on any atom is 0.283 e. The first-order valence-corrected chi connectivity index (χ1v) is 6.94. The fourth-order valence-corrected chi connectivity index (χ4v) is 4.04. The molecule has 0 aliphatic rings. The Morgan fingerprint density at radius 3 is 3.00 bits per heavy atom. The Morgan fingerprint density at radius 1 is 1.60 bits per heavy atom. The minimum atomic E-state index is -0.552. The van der Waals surface area contributed by atoms with Crippen molar-refractivity contribution in [3.8, 4) is 0 Å². The van der Waals surface area contributed by atoms with Gasteiger partial charge in [-0.2, -0.15) is 0 Å². The van der Waals surface area contributed by atoms with Crippen LogP contribution < -0.4 is 4.98 Å². The zero-order valence-corrected chi connectivity index (χ0v) is 11.7. The van der Waals surface area contributed by atoms with E-state index in [-0.39, 0.29) is 0 Å². The van der Waals surface area contributed by atoms with Gasteiger partial charge in [-0.1, -0.05) is 13.3 Å². The topological polar surface area (TPSA) is 30.5 Å². The Bertz CT molecular complexity index is 58.5. The van der Waals surface area contributed by atoms with Gasteiger partial charge in [0.2, 0.25) is 9.92 Å². The van der Waals surface area contributed by atoms with Crippen LogP contribution in [-0.2, 0) is 8.23 Å². The molecule has 0 radical (unpaired) electrons. The van der Waals surface area contributed by atoms with E-state index in [1.54, 1.807) is 0 Å². The normalized spacial score (nSPS) is 12.9. The summed E-state index contributed by atoms with van der Waals surface area (Å²) in [5.74, 6) is 0. The molecule has 10 heavy (non-hydrogen) atoms. The molecule has 0 aliphatic heterocycles. The van der Waals surface area contributed by atoms with Gasteiger partial charge in [-0.05, 0) is 13.0 Å². The molecular formula is C4H17NO2Si3. The van der Waals surface area contributed by atoms with E-state index in [1.165, 1.54) is 12.8 Å². The summed E-state index contributed by atoms with van der Waals surface area (Å²) in [6, 6.07) is 0. The Morgan fingerprint density at radius 2 is 2.40 bits per heavy atom. The van der Waals surface area contributed by atoms with E-state index in [9.17, 15) is 0 Å². The highest BCUT2D eigenvalue weighted by atomic mass is 28.3. The van der Waals surface area contributed by atoms with Crippen LogP contribution in [0.2, 0.25) is 0 Å². The van der Waals surface area contributed by atoms with Gasteiger partial charge in [-0.3, -0.25) is 0 Å². The van der Waals surface area contributed by atoms with Crippen LogP contribution in [0.1, 0.15) is 19.8 Å². The van der Waals surface area contributed by atoms with Gasteiger partial charge in [0, 0.05) is 0 Å². The van der Waals surface area contributed by atoms with Gasteiger partial charge in [0.1, 0.15) is 10.5 Å². The monoisotopic (exact) mass is 195 g/mol. The second-order valence-corrected chi connectivity index (χ2v) is 7.08. The van der Waals surface area contributed by atoms with Gasteiger partial charge in [0.25, 0.3) is 10.0 Å².